The van der Waals surface area contributed by atoms with E-state index in [1.165, 1.54) is 19.3 Å². The Morgan fingerprint density at radius 3 is 2.57 bits per heavy atom. The summed E-state index contributed by atoms with van der Waals surface area (Å²) < 4.78 is 27.8. The average molecular weight is 308 g/mol. The van der Waals surface area contributed by atoms with E-state index in [0.717, 1.165) is 24.8 Å². The van der Waals surface area contributed by atoms with Gasteiger partial charge in [0.15, 0.2) is 0 Å². The molecule has 1 aliphatic heterocycles. The normalized spacial score (nSPS) is 27.3. The van der Waals surface area contributed by atoms with Gasteiger partial charge in [-0.2, -0.15) is 4.31 Å². The number of nitrogen functional groups attached to an aromatic ring is 1. The lowest BCUT2D eigenvalue weighted by molar-refractivity contribution is 0.129. The molecule has 2 N–H and O–H groups in total. The molecule has 0 spiro atoms. The Kier molecular flexibility index (Phi) is 3.97. The molecule has 21 heavy (non-hydrogen) atoms. The zero-order valence-corrected chi connectivity index (χ0v) is 13.4. The molecule has 0 bridgehead atoms. The quantitative estimate of drug-likeness (QED) is 0.854. The molecule has 0 amide bonds. The summed E-state index contributed by atoms with van der Waals surface area (Å²) in [5.41, 5.74) is 7.25. The first kappa shape index (κ1) is 14.9. The fourth-order valence-corrected chi connectivity index (χ4v) is 5.83. The van der Waals surface area contributed by atoms with Crippen LogP contribution in [0.4, 0.5) is 5.69 Å². The van der Waals surface area contributed by atoms with E-state index in [1.54, 1.807) is 22.5 Å². The zero-order chi connectivity index (χ0) is 15.0. The van der Waals surface area contributed by atoms with Crippen LogP contribution < -0.4 is 5.73 Å². The van der Waals surface area contributed by atoms with Gasteiger partial charge in [0.2, 0.25) is 10.0 Å². The molecule has 1 saturated heterocycles. The number of aryl methyl sites for hydroxylation is 1. The third-order valence-electron chi connectivity index (χ3n) is 4.87. The molecule has 1 aromatic carbocycles. The summed E-state index contributed by atoms with van der Waals surface area (Å²) >= 11 is 0. The summed E-state index contributed by atoms with van der Waals surface area (Å²) in [7, 11) is -3.42. The highest BCUT2D eigenvalue weighted by Crippen LogP contribution is 2.38. The minimum absolute atomic E-state index is 0.194. The highest BCUT2D eigenvalue weighted by Gasteiger charge is 2.39. The molecule has 5 heteroatoms. The van der Waals surface area contributed by atoms with Crippen molar-refractivity contribution < 1.29 is 8.42 Å². The average Bonchev–Trinajstić information content (AvgIpc) is 2.45. The van der Waals surface area contributed by atoms with E-state index in [0.29, 0.717) is 23.0 Å². The molecule has 116 valence electrons. The molecule has 1 aliphatic carbocycles. The maximum atomic E-state index is 13.0. The highest BCUT2D eigenvalue weighted by atomic mass is 32.2. The Morgan fingerprint density at radius 2 is 1.81 bits per heavy atom. The molecule has 2 atom stereocenters. The minimum atomic E-state index is -3.42. The van der Waals surface area contributed by atoms with Crippen molar-refractivity contribution in [2.24, 2.45) is 5.92 Å². The maximum Gasteiger partial charge on any atom is 0.243 e. The van der Waals surface area contributed by atoms with Crippen LogP contribution in [-0.4, -0.2) is 25.3 Å². The molecule has 2 aliphatic rings. The Balaban J connectivity index is 1.96. The number of anilines is 1. The molecule has 1 heterocycles. The summed E-state index contributed by atoms with van der Waals surface area (Å²) in [6.45, 7) is 2.53. The van der Waals surface area contributed by atoms with Crippen molar-refractivity contribution >= 4 is 15.7 Å². The largest absolute Gasteiger partial charge is 0.399 e. The van der Waals surface area contributed by atoms with Crippen molar-refractivity contribution in [3.05, 3.63) is 23.8 Å². The Bertz CT molecular complexity index is 605. The number of nitrogens with zero attached hydrogens (tertiary/aromatic N) is 1. The first-order chi connectivity index (χ1) is 9.98. The summed E-state index contributed by atoms with van der Waals surface area (Å²) in [6, 6.07) is 5.32. The number of rotatable bonds is 2. The van der Waals surface area contributed by atoms with Gasteiger partial charge < -0.3 is 5.73 Å². The van der Waals surface area contributed by atoms with E-state index in [1.807, 2.05) is 6.92 Å². The van der Waals surface area contributed by atoms with Gasteiger partial charge in [-0.1, -0.05) is 12.8 Å². The van der Waals surface area contributed by atoms with E-state index in [9.17, 15) is 8.42 Å². The number of sulfonamides is 1. The van der Waals surface area contributed by atoms with Crippen LogP contribution in [0.2, 0.25) is 0 Å². The predicted octanol–water partition coefficient (Wildman–Crippen LogP) is 2.92. The van der Waals surface area contributed by atoms with Crippen LogP contribution in [-0.2, 0) is 10.0 Å². The van der Waals surface area contributed by atoms with Gasteiger partial charge in [-0.15, -0.1) is 0 Å². The van der Waals surface area contributed by atoms with Crippen LogP contribution in [0.3, 0.4) is 0 Å². The maximum absolute atomic E-state index is 13.0. The first-order valence-corrected chi connectivity index (χ1v) is 9.31. The topological polar surface area (TPSA) is 63.4 Å². The summed E-state index contributed by atoms with van der Waals surface area (Å²) in [4.78, 5) is 0.353. The van der Waals surface area contributed by atoms with Gasteiger partial charge in [0, 0.05) is 18.3 Å². The lowest BCUT2D eigenvalue weighted by Crippen LogP contribution is -2.49. The monoisotopic (exact) mass is 308 g/mol. The Hall–Kier alpha value is -1.07. The molecule has 0 aromatic heterocycles. The summed E-state index contributed by atoms with van der Waals surface area (Å²) in [5, 5.41) is 0. The Morgan fingerprint density at radius 1 is 1.10 bits per heavy atom. The summed E-state index contributed by atoms with van der Waals surface area (Å²) in [6.07, 6.45) is 6.71. The first-order valence-electron chi connectivity index (χ1n) is 7.87. The van der Waals surface area contributed by atoms with Gasteiger partial charge in [-0.05, 0) is 62.3 Å². The second-order valence-electron chi connectivity index (χ2n) is 6.45. The van der Waals surface area contributed by atoms with Crippen LogP contribution >= 0.6 is 0 Å². The van der Waals surface area contributed by atoms with Crippen molar-refractivity contribution in [3.8, 4) is 0 Å². The SMILES string of the molecule is Cc1cc(N)cc(S(=O)(=O)N2CCC[C@H]3CCCC[C@H]32)c1. The molecular formula is C16H24N2O2S. The van der Waals surface area contributed by atoms with Crippen molar-refractivity contribution in [3.63, 3.8) is 0 Å². The molecule has 3 rings (SSSR count). The van der Waals surface area contributed by atoms with Gasteiger partial charge in [-0.3, -0.25) is 0 Å². The van der Waals surface area contributed by atoms with Crippen molar-refractivity contribution in [1.29, 1.82) is 0 Å². The van der Waals surface area contributed by atoms with Crippen LogP contribution in [0, 0.1) is 12.8 Å². The van der Waals surface area contributed by atoms with Gasteiger partial charge in [0.25, 0.3) is 0 Å². The number of piperidine rings is 1. The molecule has 0 radical (unpaired) electrons. The van der Waals surface area contributed by atoms with Crippen LogP contribution in [0.1, 0.15) is 44.1 Å². The van der Waals surface area contributed by atoms with E-state index >= 15 is 0 Å². The van der Waals surface area contributed by atoms with Crippen molar-refractivity contribution in [2.45, 2.75) is 56.4 Å². The van der Waals surface area contributed by atoms with Crippen molar-refractivity contribution in [2.75, 3.05) is 12.3 Å². The Labute approximate surface area is 127 Å². The van der Waals surface area contributed by atoms with E-state index in [4.69, 9.17) is 5.73 Å². The summed E-state index contributed by atoms with van der Waals surface area (Å²) in [5.74, 6) is 0.546. The van der Waals surface area contributed by atoms with E-state index in [2.05, 4.69) is 0 Å². The number of fused-ring (bicyclic) bond motifs is 1. The number of benzene rings is 1. The van der Waals surface area contributed by atoms with E-state index < -0.39 is 10.0 Å². The third-order valence-corrected chi connectivity index (χ3v) is 6.77. The van der Waals surface area contributed by atoms with Crippen LogP contribution in [0.5, 0.6) is 0 Å². The smallest absolute Gasteiger partial charge is 0.243 e. The lowest BCUT2D eigenvalue weighted by Gasteiger charge is -2.43. The number of nitrogens with two attached hydrogens (primary N) is 1. The minimum Gasteiger partial charge on any atom is -0.399 e. The lowest BCUT2D eigenvalue weighted by atomic mass is 9.79. The molecule has 0 unspecified atom stereocenters. The van der Waals surface area contributed by atoms with Gasteiger partial charge >= 0.3 is 0 Å². The standard InChI is InChI=1S/C16H24N2O2S/c1-12-9-14(17)11-15(10-12)21(19,20)18-8-4-6-13-5-2-3-7-16(13)18/h9-11,13,16H,2-8,17H2,1H3/t13-,16-/m1/s1. The fourth-order valence-electron chi connectivity index (χ4n) is 3.94. The fraction of sp³-hybridized carbons (Fsp3) is 0.625. The predicted molar refractivity (Wildman–Crippen MR) is 84.5 cm³/mol. The second-order valence-corrected chi connectivity index (χ2v) is 8.34. The van der Waals surface area contributed by atoms with Crippen LogP contribution in [0.25, 0.3) is 0 Å². The van der Waals surface area contributed by atoms with E-state index in [-0.39, 0.29) is 6.04 Å². The molecular weight excluding hydrogens is 284 g/mol. The molecule has 1 aromatic rings. The highest BCUT2D eigenvalue weighted by molar-refractivity contribution is 7.89. The molecule has 1 saturated carbocycles. The van der Waals surface area contributed by atoms with Gasteiger partial charge in [-0.25, -0.2) is 8.42 Å². The van der Waals surface area contributed by atoms with Crippen LogP contribution in [0.15, 0.2) is 23.1 Å². The number of hydrogen-bond donors (Lipinski definition) is 1. The number of hydrogen-bond acceptors (Lipinski definition) is 3. The third kappa shape index (κ3) is 2.81. The van der Waals surface area contributed by atoms with Gasteiger partial charge in [0.05, 0.1) is 4.90 Å². The molecule has 2 fully saturated rings. The van der Waals surface area contributed by atoms with Gasteiger partial charge in [0.1, 0.15) is 0 Å². The van der Waals surface area contributed by atoms with Crippen molar-refractivity contribution in [1.82, 2.24) is 4.31 Å². The molecule has 4 nitrogen and oxygen atoms in total. The zero-order valence-electron chi connectivity index (χ0n) is 12.6. The second kappa shape index (κ2) is 5.61.